The molecule has 0 radical (unpaired) electrons. The summed E-state index contributed by atoms with van der Waals surface area (Å²) in [4.78, 5) is 26.6. The third kappa shape index (κ3) is 3.79. The first kappa shape index (κ1) is 18.2. The molecular formula is C22H26N2O2. The molecule has 2 aromatic rings. The number of hydrogen-bond acceptors (Lipinski definition) is 2. The van der Waals surface area contributed by atoms with Crippen molar-refractivity contribution in [3.05, 3.63) is 58.7 Å². The summed E-state index contributed by atoms with van der Waals surface area (Å²) in [6.45, 7) is 6.93. The summed E-state index contributed by atoms with van der Waals surface area (Å²) < 4.78 is 0. The SMILES string of the molecule is CCCCN1C(=O)CCc2cc(NC(=O)c3ccc(C)c(C)c3)ccc21. The van der Waals surface area contributed by atoms with Crippen LogP contribution >= 0.6 is 0 Å². The van der Waals surface area contributed by atoms with Crippen LogP contribution in [-0.4, -0.2) is 18.4 Å². The maximum absolute atomic E-state index is 12.5. The summed E-state index contributed by atoms with van der Waals surface area (Å²) in [7, 11) is 0. The molecule has 0 saturated heterocycles. The number of hydrogen-bond donors (Lipinski definition) is 1. The van der Waals surface area contributed by atoms with Crippen molar-refractivity contribution in [2.75, 3.05) is 16.8 Å². The first-order valence-corrected chi connectivity index (χ1v) is 9.31. The molecule has 1 heterocycles. The third-order valence-electron chi connectivity index (χ3n) is 5.04. The average molecular weight is 350 g/mol. The molecule has 136 valence electrons. The average Bonchev–Trinajstić information content (AvgIpc) is 2.63. The predicted octanol–water partition coefficient (Wildman–Crippen LogP) is 4.64. The second-order valence-electron chi connectivity index (χ2n) is 7.00. The van der Waals surface area contributed by atoms with Gasteiger partial charge in [0, 0.05) is 29.9 Å². The summed E-state index contributed by atoms with van der Waals surface area (Å²) in [6.07, 6.45) is 3.31. The standard InChI is InChI=1S/C22H26N2O2/c1-4-5-12-24-20-10-9-19(14-17(20)8-11-21(24)25)23-22(26)18-7-6-15(2)16(3)13-18/h6-7,9-10,13-14H,4-5,8,11-12H2,1-3H3,(H,23,26). The number of rotatable bonds is 5. The Kier molecular flexibility index (Phi) is 5.40. The van der Waals surface area contributed by atoms with Gasteiger partial charge in [0.15, 0.2) is 0 Å². The maximum atomic E-state index is 12.5. The normalized spacial score (nSPS) is 13.5. The molecular weight excluding hydrogens is 324 g/mol. The van der Waals surface area contributed by atoms with E-state index in [0.29, 0.717) is 12.0 Å². The molecule has 0 bridgehead atoms. The van der Waals surface area contributed by atoms with Crippen LogP contribution in [0, 0.1) is 13.8 Å². The summed E-state index contributed by atoms with van der Waals surface area (Å²) in [5.74, 6) is 0.0839. The zero-order valence-electron chi connectivity index (χ0n) is 15.8. The fraction of sp³-hybridized carbons (Fsp3) is 0.364. The van der Waals surface area contributed by atoms with Crippen molar-refractivity contribution in [1.29, 1.82) is 0 Å². The van der Waals surface area contributed by atoms with E-state index in [1.807, 2.05) is 55.1 Å². The fourth-order valence-electron chi connectivity index (χ4n) is 3.29. The topological polar surface area (TPSA) is 49.4 Å². The number of amides is 2. The Balaban J connectivity index is 1.79. The number of benzene rings is 2. The molecule has 4 nitrogen and oxygen atoms in total. The Morgan fingerprint density at radius 2 is 1.88 bits per heavy atom. The van der Waals surface area contributed by atoms with Crippen LogP contribution in [0.5, 0.6) is 0 Å². The van der Waals surface area contributed by atoms with E-state index in [1.165, 1.54) is 5.56 Å². The Morgan fingerprint density at radius 1 is 1.08 bits per heavy atom. The first-order chi connectivity index (χ1) is 12.5. The number of nitrogens with zero attached hydrogens (tertiary/aromatic N) is 1. The highest BCUT2D eigenvalue weighted by Gasteiger charge is 2.23. The van der Waals surface area contributed by atoms with E-state index in [-0.39, 0.29) is 11.8 Å². The van der Waals surface area contributed by atoms with Crippen LogP contribution in [0.15, 0.2) is 36.4 Å². The number of carbonyl (C=O) groups excluding carboxylic acids is 2. The van der Waals surface area contributed by atoms with Gasteiger partial charge in [0.25, 0.3) is 5.91 Å². The molecule has 0 fully saturated rings. The number of unbranched alkanes of at least 4 members (excludes halogenated alkanes) is 1. The lowest BCUT2D eigenvalue weighted by molar-refractivity contribution is -0.118. The van der Waals surface area contributed by atoms with E-state index in [1.54, 1.807) is 0 Å². The molecule has 1 aliphatic heterocycles. The molecule has 1 N–H and O–H groups in total. The number of fused-ring (bicyclic) bond motifs is 1. The predicted molar refractivity (Wildman–Crippen MR) is 106 cm³/mol. The van der Waals surface area contributed by atoms with Gasteiger partial charge in [-0.3, -0.25) is 9.59 Å². The van der Waals surface area contributed by atoms with E-state index in [2.05, 4.69) is 12.2 Å². The monoisotopic (exact) mass is 350 g/mol. The van der Waals surface area contributed by atoms with Gasteiger partial charge in [-0.15, -0.1) is 0 Å². The van der Waals surface area contributed by atoms with Gasteiger partial charge < -0.3 is 10.2 Å². The molecule has 26 heavy (non-hydrogen) atoms. The van der Waals surface area contributed by atoms with Crippen LogP contribution in [0.4, 0.5) is 11.4 Å². The van der Waals surface area contributed by atoms with E-state index >= 15 is 0 Å². The van der Waals surface area contributed by atoms with E-state index in [4.69, 9.17) is 0 Å². The lowest BCUT2D eigenvalue weighted by atomic mass is 10.00. The highest BCUT2D eigenvalue weighted by molar-refractivity contribution is 6.05. The maximum Gasteiger partial charge on any atom is 0.255 e. The summed E-state index contributed by atoms with van der Waals surface area (Å²) in [6, 6.07) is 11.6. The van der Waals surface area contributed by atoms with Crippen LogP contribution in [0.1, 0.15) is 53.2 Å². The molecule has 2 aromatic carbocycles. The minimum atomic E-state index is -0.109. The van der Waals surface area contributed by atoms with Crippen molar-refractivity contribution >= 4 is 23.2 Å². The molecule has 0 aliphatic carbocycles. The van der Waals surface area contributed by atoms with Crippen LogP contribution in [-0.2, 0) is 11.2 Å². The zero-order chi connectivity index (χ0) is 18.7. The van der Waals surface area contributed by atoms with Crippen molar-refractivity contribution in [1.82, 2.24) is 0 Å². The van der Waals surface area contributed by atoms with Gasteiger partial charge >= 0.3 is 0 Å². The van der Waals surface area contributed by atoms with Crippen molar-refractivity contribution in [3.63, 3.8) is 0 Å². The van der Waals surface area contributed by atoms with E-state index in [9.17, 15) is 9.59 Å². The largest absolute Gasteiger partial charge is 0.322 e. The second kappa shape index (κ2) is 7.73. The van der Waals surface area contributed by atoms with Gasteiger partial charge in [-0.1, -0.05) is 19.4 Å². The molecule has 2 amide bonds. The van der Waals surface area contributed by atoms with E-state index in [0.717, 1.165) is 48.3 Å². The smallest absolute Gasteiger partial charge is 0.255 e. The lowest BCUT2D eigenvalue weighted by Crippen LogP contribution is -2.35. The Labute approximate surface area is 155 Å². The number of anilines is 2. The Morgan fingerprint density at radius 3 is 2.62 bits per heavy atom. The summed E-state index contributed by atoms with van der Waals surface area (Å²) in [5, 5.41) is 2.98. The van der Waals surface area contributed by atoms with Gasteiger partial charge in [0.2, 0.25) is 5.91 Å². The molecule has 0 atom stereocenters. The highest BCUT2D eigenvalue weighted by Crippen LogP contribution is 2.30. The number of aryl methyl sites for hydroxylation is 3. The van der Waals surface area contributed by atoms with Gasteiger partial charge in [0.05, 0.1) is 0 Å². The quantitative estimate of drug-likeness (QED) is 0.854. The van der Waals surface area contributed by atoms with Crippen LogP contribution in [0.3, 0.4) is 0 Å². The van der Waals surface area contributed by atoms with Crippen molar-refractivity contribution in [2.45, 2.75) is 46.5 Å². The summed E-state index contributed by atoms with van der Waals surface area (Å²) in [5.41, 5.74) is 5.82. The molecule has 0 saturated carbocycles. The molecule has 0 unspecified atom stereocenters. The van der Waals surface area contributed by atoms with Crippen molar-refractivity contribution in [3.8, 4) is 0 Å². The highest BCUT2D eigenvalue weighted by atomic mass is 16.2. The van der Waals surface area contributed by atoms with Crippen LogP contribution in [0.25, 0.3) is 0 Å². The van der Waals surface area contributed by atoms with Gasteiger partial charge in [0.1, 0.15) is 0 Å². The summed E-state index contributed by atoms with van der Waals surface area (Å²) >= 11 is 0. The number of carbonyl (C=O) groups is 2. The third-order valence-corrected chi connectivity index (χ3v) is 5.04. The molecule has 0 aromatic heterocycles. The molecule has 3 rings (SSSR count). The molecule has 0 spiro atoms. The molecule has 1 aliphatic rings. The molecule has 4 heteroatoms. The first-order valence-electron chi connectivity index (χ1n) is 9.31. The fourth-order valence-corrected chi connectivity index (χ4v) is 3.29. The van der Waals surface area contributed by atoms with Crippen LogP contribution < -0.4 is 10.2 Å². The van der Waals surface area contributed by atoms with Crippen LogP contribution in [0.2, 0.25) is 0 Å². The minimum absolute atomic E-state index is 0.109. The Bertz CT molecular complexity index is 842. The van der Waals surface area contributed by atoms with Gasteiger partial charge in [-0.05, 0) is 73.7 Å². The van der Waals surface area contributed by atoms with E-state index < -0.39 is 0 Å². The lowest BCUT2D eigenvalue weighted by Gasteiger charge is -2.29. The van der Waals surface area contributed by atoms with Gasteiger partial charge in [-0.25, -0.2) is 0 Å². The second-order valence-corrected chi connectivity index (χ2v) is 7.00. The minimum Gasteiger partial charge on any atom is -0.322 e. The van der Waals surface area contributed by atoms with Gasteiger partial charge in [-0.2, -0.15) is 0 Å². The zero-order valence-corrected chi connectivity index (χ0v) is 15.8. The van der Waals surface area contributed by atoms with Crippen molar-refractivity contribution < 1.29 is 9.59 Å². The number of nitrogens with one attached hydrogen (secondary N) is 1. The Hall–Kier alpha value is -2.62. The van der Waals surface area contributed by atoms with Crippen molar-refractivity contribution in [2.24, 2.45) is 0 Å².